The van der Waals surface area contributed by atoms with Crippen molar-refractivity contribution in [3.8, 4) is 11.1 Å². The second kappa shape index (κ2) is 14.4. The molecule has 2 heteroatoms. The van der Waals surface area contributed by atoms with E-state index in [4.69, 9.17) is 4.42 Å². The topological polar surface area (TPSA) is 13.1 Å². The number of furan rings is 1. The van der Waals surface area contributed by atoms with Gasteiger partial charge in [-0.05, 0) is 17.4 Å². The van der Waals surface area contributed by atoms with Gasteiger partial charge in [0.05, 0.1) is 6.26 Å². The van der Waals surface area contributed by atoms with Crippen LogP contribution in [0.15, 0.2) is 126 Å². The van der Waals surface area contributed by atoms with E-state index in [0.29, 0.717) is 5.92 Å². The third-order valence-corrected chi connectivity index (χ3v) is 9.84. The Morgan fingerprint density at radius 2 is 1.37 bits per heavy atom. The molecular formula is C44H44OZr. The zero-order valence-corrected chi connectivity index (χ0v) is 30.7. The van der Waals surface area contributed by atoms with Crippen LogP contribution in [0.3, 0.4) is 0 Å². The maximum absolute atomic E-state index is 4.97. The van der Waals surface area contributed by atoms with Crippen LogP contribution in [0.2, 0.25) is 0 Å². The van der Waals surface area contributed by atoms with Gasteiger partial charge in [-0.2, -0.15) is 47.1 Å². The van der Waals surface area contributed by atoms with Gasteiger partial charge in [-0.1, -0.05) is 101 Å². The number of allylic oxidation sites excluding steroid dienone is 4. The molecule has 0 bridgehead atoms. The fourth-order valence-electron chi connectivity index (χ4n) is 5.54. The van der Waals surface area contributed by atoms with Crippen LogP contribution in [0.1, 0.15) is 87.4 Å². The molecule has 2 aliphatic rings. The Bertz CT molecular complexity index is 1720. The van der Waals surface area contributed by atoms with Crippen LogP contribution in [0, 0.1) is 18.1 Å². The van der Waals surface area contributed by atoms with Gasteiger partial charge in [-0.25, -0.2) is 0 Å². The van der Waals surface area contributed by atoms with E-state index >= 15 is 0 Å². The van der Waals surface area contributed by atoms with Gasteiger partial charge in [0.2, 0.25) is 0 Å². The van der Waals surface area contributed by atoms with Crippen molar-refractivity contribution in [2.24, 2.45) is 5.92 Å². The summed E-state index contributed by atoms with van der Waals surface area (Å²) in [6, 6.07) is 38.1. The third-order valence-electron chi connectivity index (χ3n) is 8.42. The number of benzene rings is 4. The molecule has 0 saturated heterocycles. The maximum atomic E-state index is 4.97. The summed E-state index contributed by atoms with van der Waals surface area (Å²) in [6.45, 7) is 15.8. The van der Waals surface area contributed by atoms with Gasteiger partial charge >= 0.3 is 99.2 Å². The predicted molar refractivity (Wildman–Crippen MR) is 191 cm³/mol. The summed E-state index contributed by atoms with van der Waals surface area (Å²) in [5.41, 5.74) is 13.7. The van der Waals surface area contributed by atoms with Crippen LogP contribution in [0.4, 0.5) is 0 Å². The van der Waals surface area contributed by atoms with Gasteiger partial charge in [0.25, 0.3) is 0 Å². The zero-order chi connectivity index (χ0) is 32.9. The molecule has 1 aromatic heterocycles. The van der Waals surface area contributed by atoms with Crippen molar-refractivity contribution in [3.63, 3.8) is 0 Å². The molecule has 1 atom stereocenters. The molecule has 230 valence electrons. The Morgan fingerprint density at radius 3 is 1.89 bits per heavy atom. The normalized spacial score (nSPS) is 14.7. The van der Waals surface area contributed by atoms with Crippen molar-refractivity contribution in [2.45, 2.75) is 65.7 Å². The van der Waals surface area contributed by atoms with Crippen molar-refractivity contribution in [1.82, 2.24) is 0 Å². The molecule has 46 heavy (non-hydrogen) atoms. The quantitative estimate of drug-likeness (QED) is 0.170. The van der Waals surface area contributed by atoms with E-state index in [-0.39, 0.29) is 10.8 Å². The minimum atomic E-state index is 0.177. The van der Waals surface area contributed by atoms with Gasteiger partial charge in [0, 0.05) is 6.26 Å². The van der Waals surface area contributed by atoms with E-state index in [1.807, 2.05) is 6.07 Å². The standard InChI is InChI=1S/C21H25.C13H10.C10H9O.Zr/c1-20(2,3)16-9-7-14-11-15-8-10-17(21(4,5)6)13-19(15)18(14)12-16;1-3-7-12(8-4-1)11-13-9-5-2-6-10-13;1-8-2-3-9(6-8)10-4-5-11-7-10;/h7,9-10,12-13H,11H2,1-6H3;1-10H;2-5,7-8H,1H3;/q-1;;-1;+2. The summed E-state index contributed by atoms with van der Waals surface area (Å²) in [5, 5.41) is 0. The Labute approximate surface area is 291 Å². The van der Waals surface area contributed by atoms with Crippen LogP contribution in [-0.4, -0.2) is 3.21 Å². The number of fused-ring (bicyclic) bond motifs is 3. The zero-order valence-electron chi connectivity index (χ0n) is 28.2. The van der Waals surface area contributed by atoms with E-state index in [0.717, 1.165) is 17.6 Å². The first kappa shape index (κ1) is 33.7. The average molecular weight is 680 g/mol. The molecule has 0 radical (unpaired) electrons. The van der Waals surface area contributed by atoms with Crippen molar-refractivity contribution >= 4 is 8.78 Å². The Balaban J connectivity index is 0.000000144. The van der Waals surface area contributed by atoms with Gasteiger partial charge in [-0.3, -0.25) is 0 Å². The van der Waals surface area contributed by atoms with Gasteiger partial charge in [-0.15, -0.1) is 11.6 Å². The first-order valence-corrected chi connectivity index (χ1v) is 17.4. The molecule has 0 aliphatic heterocycles. The molecule has 0 fully saturated rings. The number of hydrogen-bond donors (Lipinski definition) is 0. The van der Waals surface area contributed by atoms with Crippen molar-refractivity contribution in [3.05, 3.63) is 173 Å². The second-order valence-corrected chi connectivity index (χ2v) is 15.4. The van der Waals surface area contributed by atoms with E-state index in [1.54, 1.807) is 12.5 Å². The molecule has 4 aromatic carbocycles. The monoisotopic (exact) mass is 678 g/mol. The van der Waals surface area contributed by atoms with Gasteiger partial charge in [0.1, 0.15) is 0 Å². The summed E-state index contributed by atoms with van der Waals surface area (Å²) in [7, 11) is 0. The predicted octanol–water partition coefficient (Wildman–Crippen LogP) is 11.1. The molecule has 5 aromatic rings. The molecule has 1 nitrogen and oxygen atoms in total. The molecular weight excluding hydrogens is 636 g/mol. The summed E-state index contributed by atoms with van der Waals surface area (Å²) in [4.78, 5) is 0. The molecule has 0 spiro atoms. The van der Waals surface area contributed by atoms with Crippen LogP contribution in [-0.2, 0) is 41.5 Å². The number of hydrogen-bond acceptors (Lipinski definition) is 1. The molecule has 0 N–H and O–H groups in total. The van der Waals surface area contributed by atoms with Crippen molar-refractivity contribution in [1.29, 1.82) is 0 Å². The fraction of sp³-hybridized carbons (Fsp3) is 0.250. The molecule has 0 amide bonds. The van der Waals surface area contributed by atoms with Crippen LogP contribution in [0.5, 0.6) is 0 Å². The molecule has 1 unspecified atom stereocenters. The van der Waals surface area contributed by atoms with Gasteiger partial charge < -0.3 is 4.42 Å². The first-order valence-electron chi connectivity index (χ1n) is 16.1. The summed E-state index contributed by atoms with van der Waals surface area (Å²) >= 11 is 1.46. The van der Waals surface area contributed by atoms with Crippen LogP contribution in [0.25, 0.3) is 16.7 Å². The van der Waals surface area contributed by atoms with Crippen LogP contribution < -0.4 is 0 Å². The van der Waals surface area contributed by atoms with E-state index in [9.17, 15) is 0 Å². The van der Waals surface area contributed by atoms with E-state index in [1.165, 1.54) is 71.9 Å². The molecule has 0 saturated carbocycles. The Kier molecular flexibility index (Phi) is 10.6. The fourth-order valence-corrected chi connectivity index (χ4v) is 6.36. The molecule has 2 aliphatic carbocycles. The van der Waals surface area contributed by atoms with Gasteiger partial charge in [0.15, 0.2) is 0 Å². The second-order valence-electron chi connectivity index (χ2n) is 14.2. The third kappa shape index (κ3) is 8.40. The summed E-state index contributed by atoms with van der Waals surface area (Å²) < 4.78 is 6.38. The van der Waals surface area contributed by atoms with Crippen molar-refractivity contribution in [2.75, 3.05) is 0 Å². The van der Waals surface area contributed by atoms with E-state index < -0.39 is 0 Å². The average Bonchev–Trinajstić information content (AvgIpc) is 3.81. The van der Waals surface area contributed by atoms with E-state index in [2.05, 4.69) is 164 Å². The summed E-state index contributed by atoms with van der Waals surface area (Å²) in [5.74, 6) is 0.444. The molecule has 7 rings (SSSR count). The number of rotatable bonds is 3. The SMILES string of the molecule is CC(C)(C)c1c[c-]c2c(c1)-c1cc(C(C)(C)C)ccc1C2.CC1[C-]=C(c2ccoc2)C=C1.[Zr+2]=[C](c1ccccc1)c1ccccc1. The minimum absolute atomic E-state index is 0.177. The first-order chi connectivity index (χ1) is 21.9. The Hall–Kier alpha value is -3.61. The Morgan fingerprint density at radius 1 is 0.761 bits per heavy atom. The van der Waals surface area contributed by atoms with Crippen LogP contribution >= 0.6 is 0 Å². The van der Waals surface area contributed by atoms with Crippen molar-refractivity contribution < 1.29 is 28.7 Å². The summed E-state index contributed by atoms with van der Waals surface area (Å²) in [6.07, 6.45) is 12.0. The molecule has 1 heterocycles.